The van der Waals surface area contributed by atoms with Crippen molar-refractivity contribution in [3.63, 3.8) is 0 Å². The summed E-state index contributed by atoms with van der Waals surface area (Å²) in [5.41, 5.74) is 7.26. The summed E-state index contributed by atoms with van der Waals surface area (Å²) in [4.78, 5) is 14.0. The summed E-state index contributed by atoms with van der Waals surface area (Å²) >= 11 is 0. The summed E-state index contributed by atoms with van der Waals surface area (Å²) in [6, 6.07) is 40.5. The number of benzene rings is 4. The van der Waals surface area contributed by atoms with Crippen LogP contribution in [0.3, 0.4) is 0 Å². The SMILES string of the molecule is O=C1C(=C(c2ccccc2)c2ccccc2)C(=C(c2ccccc2)c2ccccc2)C12OCCO2. The van der Waals surface area contributed by atoms with Crippen molar-refractivity contribution in [2.75, 3.05) is 13.2 Å². The minimum atomic E-state index is -1.38. The zero-order chi connectivity index (χ0) is 23.7. The lowest BCUT2D eigenvalue weighted by Gasteiger charge is -2.42. The molecule has 0 aromatic heterocycles. The first-order valence-corrected chi connectivity index (χ1v) is 11.8. The molecular formula is C32H24O3. The molecule has 4 aromatic carbocycles. The van der Waals surface area contributed by atoms with E-state index in [0.717, 1.165) is 39.0 Å². The molecule has 1 saturated carbocycles. The Bertz CT molecular complexity index is 1330. The molecule has 1 spiro atoms. The van der Waals surface area contributed by atoms with E-state index in [-0.39, 0.29) is 5.78 Å². The number of rotatable bonds is 4. The van der Waals surface area contributed by atoms with Crippen LogP contribution < -0.4 is 0 Å². The Kier molecular flexibility index (Phi) is 5.49. The van der Waals surface area contributed by atoms with E-state index in [1.165, 1.54) is 0 Å². The van der Waals surface area contributed by atoms with Gasteiger partial charge in [-0.05, 0) is 27.8 Å². The molecule has 3 nitrogen and oxygen atoms in total. The molecule has 6 rings (SSSR count). The van der Waals surface area contributed by atoms with E-state index in [2.05, 4.69) is 24.3 Å². The second kappa shape index (κ2) is 8.95. The molecule has 0 bridgehead atoms. The van der Waals surface area contributed by atoms with Crippen LogP contribution in [0.4, 0.5) is 0 Å². The number of Topliss-reactive ketones (excluding diaryl/α,β-unsaturated/α-hetero) is 1. The highest BCUT2D eigenvalue weighted by atomic mass is 16.7. The largest absolute Gasteiger partial charge is 0.337 e. The normalized spacial score (nSPS) is 16.3. The van der Waals surface area contributed by atoms with Crippen LogP contribution in [0.25, 0.3) is 11.1 Å². The monoisotopic (exact) mass is 456 g/mol. The summed E-state index contributed by atoms with van der Waals surface area (Å²) in [6.07, 6.45) is 0. The van der Waals surface area contributed by atoms with Crippen molar-refractivity contribution >= 4 is 16.9 Å². The van der Waals surface area contributed by atoms with Crippen molar-refractivity contribution in [2.24, 2.45) is 0 Å². The van der Waals surface area contributed by atoms with Crippen molar-refractivity contribution in [3.05, 3.63) is 155 Å². The Morgan fingerprint density at radius 2 is 0.857 bits per heavy atom. The highest BCUT2D eigenvalue weighted by Gasteiger charge is 2.62. The van der Waals surface area contributed by atoms with Crippen LogP contribution in [-0.4, -0.2) is 24.8 Å². The third-order valence-corrected chi connectivity index (χ3v) is 6.55. The zero-order valence-corrected chi connectivity index (χ0v) is 19.2. The fraction of sp³-hybridized carbons (Fsp3) is 0.0938. The first-order chi connectivity index (χ1) is 17.3. The van der Waals surface area contributed by atoms with E-state index in [0.29, 0.717) is 18.8 Å². The smallest absolute Gasteiger partial charge is 0.262 e. The lowest BCUT2D eigenvalue weighted by Crippen LogP contribution is -2.54. The second-order valence-corrected chi connectivity index (χ2v) is 8.61. The molecular weight excluding hydrogens is 432 g/mol. The molecule has 3 heteroatoms. The number of carbonyl (C=O) groups is 1. The van der Waals surface area contributed by atoms with Gasteiger partial charge in [0.25, 0.3) is 5.79 Å². The molecule has 0 unspecified atom stereocenters. The summed E-state index contributed by atoms with van der Waals surface area (Å²) in [6.45, 7) is 0.761. The molecule has 1 aliphatic heterocycles. The van der Waals surface area contributed by atoms with Gasteiger partial charge in [-0.2, -0.15) is 0 Å². The van der Waals surface area contributed by atoms with Gasteiger partial charge in [-0.15, -0.1) is 0 Å². The molecule has 0 N–H and O–H groups in total. The van der Waals surface area contributed by atoms with Crippen molar-refractivity contribution < 1.29 is 14.3 Å². The third-order valence-electron chi connectivity index (χ3n) is 6.55. The second-order valence-electron chi connectivity index (χ2n) is 8.61. The van der Waals surface area contributed by atoms with Gasteiger partial charge in [0.05, 0.1) is 13.2 Å². The van der Waals surface area contributed by atoms with E-state index in [9.17, 15) is 4.79 Å². The van der Waals surface area contributed by atoms with Crippen molar-refractivity contribution in [1.29, 1.82) is 0 Å². The molecule has 0 amide bonds. The van der Waals surface area contributed by atoms with E-state index in [4.69, 9.17) is 9.47 Å². The highest BCUT2D eigenvalue weighted by Crippen LogP contribution is 2.54. The molecule has 170 valence electrons. The molecule has 2 fully saturated rings. The van der Waals surface area contributed by atoms with Crippen LogP contribution >= 0.6 is 0 Å². The average Bonchev–Trinajstić information content (AvgIpc) is 3.45. The minimum absolute atomic E-state index is 0.128. The molecule has 1 saturated heterocycles. The lowest BCUT2D eigenvalue weighted by molar-refractivity contribution is -0.171. The van der Waals surface area contributed by atoms with Crippen LogP contribution in [0, 0.1) is 0 Å². The number of hydrogen-bond acceptors (Lipinski definition) is 3. The van der Waals surface area contributed by atoms with Gasteiger partial charge in [0.2, 0.25) is 5.78 Å². The van der Waals surface area contributed by atoms with E-state index in [1.807, 2.05) is 97.1 Å². The predicted molar refractivity (Wildman–Crippen MR) is 137 cm³/mol. The molecule has 1 aliphatic carbocycles. The standard InChI is InChI=1S/C32H24O3/c33-31-29(27(23-13-5-1-6-14-23)24-15-7-2-8-16-24)30(32(31)34-21-22-35-32)28(25-17-9-3-10-18-25)26-19-11-4-12-20-26/h1-20H,21-22H2. The van der Waals surface area contributed by atoms with E-state index in [1.54, 1.807) is 0 Å². The number of ether oxygens (including phenoxy) is 2. The maximum atomic E-state index is 14.0. The Morgan fingerprint density at radius 3 is 1.23 bits per heavy atom. The van der Waals surface area contributed by atoms with E-state index < -0.39 is 5.79 Å². The van der Waals surface area contributed by atoms with Gasteiger partial charge in [0.1, 0.15) is 0 Å². The number of carbonyl (C=O) groups excluding carboxylic acids is 1. The summed E-state index contributed by atoms with van der Waals surface area (Å²) in [5.74, 6) is -1.51. The maximum absolute atomic E-state index is 14.0. The number of ketones is 1. The van der Waals surface area contributed by atoms with Crippen LogP contribution in [0.1, 0.15) is 22.3 Å². The summed E-state index contributed by atoms with van der Waals surface area (Å²) < 4.78 is 12.2. The Hall–Kier alpha value is -4.05. The van der Waals surface area contributed by atoms with Crippen LogP contribution in [0.15, 0.2) is 132 Å². The van der Waals surface area contributed by atoms with Gasteiger partial charge in [-0.25, -0.2) is 0 Å². The van der Waals surface area contributed by atoms with Crippen LogP contribution in [-0.2, 0) is 14.3 Å². The first kappa shape index (κ1) is 21.5. The average molecular weight is 457 g/mol. The summed E-state index contributed by atoms with van der Waals surface area (Å²) in [7, 11) is 0. The van der Waals surface area contributed by atoms with Crippen LogP contribution in [0.2, 0.25) is 0 Å². The van der Waals surface area contributed by atoms with Gasteiger partial charge < -0.3 is 9.47 Å². The quantitative estimate of drug-likeness (QED) is 0.337. The van der Waals surface area contributed by atoms with Gasteiger partial charge in [-0.3, -0.25) is 4.79 Å². The third kappa shape index (κ3) is 3.57. The Morgan fingerprint density at radius 1 is 0.514 bits per heavy atom. The topological polar surface area (TPSA) is 35.5 Å². The fourth-order valence-electron chi connectivity index (χ4n) is 5.04. The van der Waals surface area contributed by atoms with E-state index >= 15 is 0 Å². The van der Waals surface area contributed by atoms with Crippen molar-refractivity contribution in [1.82, 2.24) is 0 Å². The minimum Gasteiger partial charge on any atom is -0.337 e. The summed E-state index contributed by atoms with van der Waals surface area (Å²) in [5, 5.41) is 0. The van der Waals surface area contributed by atoms with Gasteiger partial charge in [-0.1, -0.05) is 121 Å². The molecule has 1 heterocycles. The molecule has 0 atom stereocenters. The lowest BCUT2D eigenvalue weighted by atomic mass is 9.68. The highest BCUT2D eigenvalue weighted by molar-refractivity contribution is 6.26. The maximum Gasteiger partial charge on any atom is 0.262 e. The van der Waals surface area contributed by atoms with Gasteiger partial charge >= 0.3 is 0 Å². The molecule has 2 aliphatic rings. The Balaban J connectivity index is 1.74. The Labute approximate surface area is 205 Å². The van der Waals surface area contributed by atoms with Gasteiger partial charge in [0.15, 0.2) is 0 Å². The zero-order valence-electron chi connectivity index (χ0n) is 19.2. The molecule has 0 radical (unpaired) electrons. The van der Waals surface area contributed by atoms with Crippen LogP contribution in [0.5, 0.6) is 0 Å². The van der Waals surface area contributed by atoms with Crippen molar-refractivity contribution in [2.45, 2.75) is 5.79 Å². The number of hydrogen-bond donors (Lipinski definition) is 0. The predicted octanol–water partition coefficient (Wildman–Crippen LogP) is 6.32. The van der Waals surface area contributed by atoms with Gasteiger partial charge in [0, 0.05) is 16.7 Å². The first-order valence-electron chi connectivity index (χ1n) is 11.8. The fourth-order valence-corrected chi connectivity index (χ4v) is 5.04. The van der Waals surface area contributed by atoms with Crippen molar-refractivity contribution in [3.8, 4) is 0 Å². The molecule has 35 heavy (non-hydrogen) atoms. The molecule has 4 aromatic rings.